The Balaban J connectivity index is 1.52. The molecule has 0 unspecified atom stereocenters. The molecule has 1 N–H and O–H groups in total. The molecule has 4 rings (SSSR count). The van der Waals surface area contributed by atoms with Crippen molar-refractivity contribution in [1.29, 1.82) is 0 Å². The van der Waals surface area contributed by atoms with E-state index >= 15 is 0 Å². The molecule has 0 spiro atoms. The molecule has 1 fully saturated rings. The van der Waals surface area contributed by atoms with Crippen LogP contribution in [0.5, 0.6) is 0 Å². The minimum absolute atomic E-state index is 0.0758. The highest BCUT2D eigenvalue weighted by Crippen LogP contribution is 2.24. The molecule has 150 valence electrons. The molecule has 3 heterocycles. The van der Waals surface area contributed by atoms with Gasteiger partial charge in [-0.1, -0.05) is 0 Å². The van der Waals surface area contributed by atoms with Gasteiger partial charge in [0.05, 0.1) is 12.2 Å². The lowest BCUT2D eigenvalue weighted by molar-refractivity contribution is 0.0948. The Morgan fingerprint density at radius 1 is 1.21 bits per heavy atom. The Kier molecular flexibility index (Phi) is 5.44. The SMILES string of the molecule is Cc1ccn(-c2ccc(F)cc2)c(=O)c1C(=O)NCc1csc(N2CCCC2)n1. The molecule has 0 bridgehead atoms. The van der Waals surface area contributed by atoms with Crippen LogP contribution in [0.1, 0.15) is 34.5 Å². The first-order chi connectivity index (χ1) is 14.0. The summed E-state index contributed by atoms with van der Waals surface area (Å²) >= 11 is 1.57. The molecule has 0 saturated carbocycles. The van der Waals surface area contributed by atoms with Gasteiger partial charge < -0.3 is 10.2 Å². The topological polar surface area (TPSA) is 67.2 Å². The van der Waals surface area contributed by atoms with Crippen molar-refractivity contribution in [1.82, 2.24) is 14.9 Å². The van der Waals surface area contributed by atoms with Crippen molar-refractivity contribution in [2.75, 3.05) is 18.0 Å². The van der Waals surface area contributed by atoms with Crippen LogP contribution in [0, 0.1) is 12.7 Å². The average molecular weight is 412 g/mol. The number of pyridine rings is 1. The molecule has 1 saturated heterocycles. The number of nitrogens with one attached hydrogen (secondary N) is 1. The number of anilines is 1. The Hall–Kier alpha value is -3.00. The molecule has 3 aromatic rings. The summed E-state index contributed by atoms with van der Waals surface area (Å²) in [5.41, 5.74) is 1.50. The Morgan fingerprint density at radius 3 is 2.66 bits per heavy atom. The van der Waals surface area contributed by atoms with E-state index < -0.39 is 11.5 Å². The van der Waals surface area contributed by atoms with Crippen molar-refractivity contribution in [3.8, 4) is 5.69 Å². The predicted molar refractivity (Wildman–Crippen MR) is 111 cm³/mol. The minimum Gasteiger partial charge on any atom is -0.348 e. The molecule has 0 radical (unpaired) electrons. The van der Waals surface area contributed by atoms with Crippen LogP contribution in [-0.2, 0) is 6.54 Å². The van der Waals surface area contributed by atoms with Crippen molar-refractivity contribution in [2.24, 2.45) is 0 Å². The molecule has 1 amide bonds. The first kappa shape index (κ1) is 19.3. The number of benzene rings is 1. The summed E-state index contributed by atoms with van der Waals surface area (Å²) < 4.78 is 14.5. The smallest absolute Gasteiger partial charge is 0.268 e. The van der Waals surface area contributed by atoms with Gasteiger partial charge in [0, 0.05) is 30.4 Å². The summed E-state index contributed by atoms with van der Waals surface area (Å²) in [6.07, 6.45) is 3.95. The fraction of sp³-hybridized carbons (Fsp3) is 0.286. The molecule has 1 aromatic carbocycles. The number of carbonyl (C=O) groups excluding carboxylic acids is 1. The number of hydrogen-bond acceptors (Lipinski definition) is 5. The van der Waals surface area contributed by atoms with Gasteiger partial charge in [-0.05, 0) is 55.7 Å². The van der Waals surface area contributed by atoms with Crippen molar-refractivity contribution >= 4 is 22.4 Å². The summed E-state index contributed by atoms with van der Waals surface area (Å²) in [4.78, 5) is 32.5. The van der Waals surface area contributed by atoms with Gasteiger partial charge in [0.15, 0.2) is 5.13 Å². The summed E-state index contributed by atoms with van der Waals surface area (Å²) in [6.45, 7) is 4.02. The van der Waals surface area contributed by atoms with E-state index in [1.54, 1.807) is 30.5 Å². The highest BCUT2D eigenvalue weighted by Gasteiger charge is 2.18. The second-order valence-electron chi connectivity index (χ2n) is 7.02. The number of halogens is 1. The molecule has 1 aliphatic heterocycles. The molecular formula is C21H21FN4O2S. The van der Waals surface area contributed by atoms with Crippen LogP contribution < -0.4 is 15.8 Å². The third kappa shape index (κ3) is 4.07. The van der Waals surface area contributed by atoms with Gasteiger partial charge in [-0.2, -0.15) is 0 Å². The third-order valence-electron chi connectivity index (χ3n) is 4.98. The molecule has 2 aromatic heterocycles. The lowest BCUT2D eigenvalue weighted by atomic mass is 10.1. The maximum Gasteiger partial charge on any atom is 0.268 e. The van der Waals surface area contributed by atoms with Crippen LogP contribution in [0.15, 0.2) is 46.7 Å². The monoisotopic (exact) mass is 412 g/mol. The second-order valence-corrected chi connectivity index (χ2v) is 7.86. The van der Waals surface area contributed by atoms with E-state index in [-0.39, 0.29) is 17.9 Å². The molecule has 0 atom stereocenters. The maximum atomic E-state index is 13.2. The molecule has 6 nitrogen and oxygen atoms in total. The Labute approximate surface area is 171 Å². The van der Waals surface area contributed by atoms with Crippen LogP contribution in [-0.4, -0.2) is 28.5 Å². The van der Waals surface area contributed by atoms with Gasteiger partial charge in [0.2, 0.25) is 0 Å². The highest BCUT2D eigenvalue weighted by atomic mass is 32.1. The van der Waals surface area contributed by atoms with E-state index in [2.05, 4.69) is 15.2 Å². The zero-order valence-corrected chi connectivity index (χ0v) is 16.8. The lowest BCUT2D eigenvalue weighted by Gasteiger charge is -2.12. The van der Waals surface area contributed by atoms with Crippen LogP contribution in [0.4, 0.5) is 9.52 Å². The largest absolute Gasteiger partial charge is 0.348 e. The van der Waals surface area contributed by atoms with Gasteiger partial charge in [0.25, 0.3) is 11.5 Å². The predicted octanol–water partition coefficient (Wildman–Crippen LogP) is 3.27. The number of carbonyl (C=O) groups is 1. The van der Waals surface area contributed by atoms with E-state index in [9.17, 15) is 14.0 Å². The quantitative estimate of drug-likeness (QED) is 0.699. The zero-order chi connectivity index (χ0) is 20.4. The number of nitrogens with zero attached hydrogens (tertiary/aromatic N) is 3. The van der Waals surface area contributed by atoms with E-state index in [0.717, 1.165) is 23.9 Å². The number of aryl methyl sites for hydroxylation is 1. The molecule has 0 aliphatic carbocycles. The third-order valence-corrected chi connectivity index (χ3v) is 5.93. The van der Waals surface area contributed by atoms with E-state index in [1.807, 2.05) is 5.38 Å². The Bertz CT molecular complexity index is 1080. The lowest BCUT2D eigenvalue weighted by Crippen LogP contribution is -2.33. The van der Waals surface area contributed by atoms with Gasteiger partial charge in [0.1, 0.15) is 11.4 Å². The van der Waals surface area contributed by atoms with E-state index in [1.165, 1.54) is 41.7 Å². The van der Waals surface area contributed by atoms with E-state index in [0.29, 0.717) is 11.3 Å². The van der Waals surface area contributed by atoms with Crippen LogP contribution >= 0.6 is 11.3 Å². The number of thiazole rings is 1. The molecule has 8 heteroatoms. The summed E-state index contributed by atoms with van der Waals surface area (Å²) in [5, 5.41) is 5.71. The van der Waals surface area contributed by atoms with Crippen LogP contribution in [0.25, 0.3) is 5.69 Å². The fourth-order valence-corrected chi connectivity index (χ4v) is 4.28. The van der Waals surface area contributed by atoms with E-state index in [4.69, 9.17) is 0 Å². The first-order valence-electron chi connectivity index (χ1n) is 9.48. The van der Waals surface area contributed by atoms with Crippen LogP contribution in [0.3, 0.4) is 0 Å². The number of aromatic nitrogens is 2. The van der Waals surface area contributed by atoms with Gasteiger partial charge in [-0.3, -0.25) is 14.2 Å². The molecule has 29 heavy (non-hydrogen) atoms. The normalized spacial score (nSPS) is 13.7. The number of hydrogen-bond donors (Lipinski definition) is 1. The standard InChI is InChI=1S/C21H21FN4O2S/c1-14-8-11-26(17-6-4-15(22)5-7-17)20(28)18(14)19(27)23-12-16-13-29-21(24-16)25-9-2-3-10-25/h4-8,11,13H,2-3,9-10,12H2,1H3,(H,23,27). The molecular weight excluding hydrogens is 391 g/mol. The zero-order valence-electron chi connectivity index (χ0n) is 16.0. The highest BCUT2D eigenvalue weighted by molar-refractivity contribution is 7.13. The summed E-state index contributed by atoms with van der Waals surface area (Å²) in [7, 11) is 0. The second kappa shape index (κ2) is 8.16. The van der Waals surface area contributed by atoms with Gasteiger partial charge in [-0.25, -0.2) is 9.37 Å². The summed E-state index contributed by atoms with van der Waals surface area (Å²) in [6, 6.07) is 7.27. The molecule has 1 aliphatic rings. The fourth-order valence-electron chi connectivity index (χ4n) is 3.40. The van der Waals surface area contributed by atoms with Crippen LogP contribution in [0.2, 0.25) is 0 Å². The Morgan fingerprint density at radius 2 is 1.93 bits per heavy atom. The van der Waals surface area contributed by atoms with Crippen molar-refractivity contribution in [3.05, 3.63) is 74.9 Å². The number of rotatable bonds is 5. The maximum absolute atomic E-state index is 13.2. The average Bonchev–Trinajstić information content (AvgIpc) is 3.39. The minimum atomic E-state index is -0.445. The van der Waals surface area contributed by atoms with Crippen molar-refractivity contribution in [2.45, 2.75) is 26.3 Å². The first-order valence-corrected chi connectivity index (χ1v) is 10.4. The summed E-state index contributed by atoms with van der Waals surface area (Å²) in [5.74, 6) is -0.830. The van der Waals surface area contributed by atoms with Gasteiger partial charge >= 0.3 is 0 Å². The van der Waals surface area contributed by atoms with Crippen molar-refractivity contribution in [3.63, 3.8) is 0 Å². The van der Waals surface area contributed by atoms with Gasteiger partial charge in [-0.15, -0.1) is 11.3 Å². The number of amides is 1. The van der Waals surface area contributed by atoms with Crippen molar-refractivity contribution < 1.29 is 9.18 Å².